The number of nitrogens with one attached hydrogen (secondary N) is 1. The quantitative estimate of drug-likeness (QED) is 0.513. The van der Waals surface area contributed by atoms with E-state index >= 15 is 0 Å². The number of hydrogen-bond donors (Lipinski definition) is 1. The van der Waals surface area contributed by atoms with Gasteiger partial charge in [0.05, 0.1) is 24.6 Å². The van der Waals surface area contributed by atoms with E-state index in [2.05, 4.69) is 18.7 Å². The molecule has 0 amide bonds. The van der Waals surface area contributed by atoms with Gasteiger partial charge in [0.1, 0.15) is 0 Å². The molecule has 1 N–H and O–H groups in total. The SMILES string of the molecule is CC(C)C(=N)N1CCOC2CCCC21. The van der Waals surface area contributed by atoms with E-state index in [1.165, 1.54) is 19.3 Å². The molecule has 2 atom stereocenters. The third kappa shape index (κ3) is 1.65. The lowest BCUT2D eigenvalue weighted by atomic mass is 10.1. The minimum absolute atomic E-state index is 0.342. The first-order chi connectivity index (χ1) is 6.70. The van der Waals surface area contributed by atoms with Gasteiger partial charge in [0, 0.05) is 12.5 Å². The first kappa shape index (κ1) is 9.97. The Morgan fingerprint density at radius 2 is 2.21 bits per heavy atom. The summed E-state index contributed by atoms with van der Waals surface area (Å²) in [5, 5.41) is 8.06. The zero-order chi connectivity index (χ0) is 10.1. The third-order valence-electron chi connectivity index (χ3n) is 3.34. The lowest BCUT2D eigenvalue weighted by Gasteiger charge is -2.40. The monoisotopic (exact) mass is 196 g/mol. The van der Waals surface area contributed by atoms with Crippen molar-refractivity contribution >= 4 is 5.84 Å². The maximum Gasteiger partial charge on any atom is 0.0988 e. The van der Waals surface area contributed by atoms with Crippen molar-refractivity contribution in [1.82, 2.24) is 4.90 Å². The van der Waals surface area contributed by atoms with E-state index < -0.39 is 0 Å². The molecular weight excluding hydrogens is 176 g/mol. The fourth-order valence-corrected chi connectivity index (χ4v) is 2.56. The fraction of sp³-hybridized carbons (Fsp3) is 0.909. The number of hydrogen-bond acceptors (Lipinski definition) is 2. The van der Waals surface area contributed by atoms with E-state index in [1.54, 1.807) is 0 Å². The summed E-state index contributed by atoms with van der Waals surface area (Å²) < 4.78 is 5.72. The van der Waals surface area contributed by atoms with Gasteiger partial charge in [-0.25, -0.2) is 0 Å². The van der Waals surface area contributed by atoms with Crippen LogP contribution in [0.15, 0.2) is 0 Å². The van der Waals surface area contributed by atoms with Gasteiger partial charge < -0.3 is 9.64 Å². The molecule has 2 unspecified atom stereocenters. The molecule has 1 saturated carbocycles. The van der Waals surface area contributed by atoms with Crippen LogP contribution in [0, 0.1) is 11.3 Å². The Labute approximate surface area is 85.9 Å². The van der Waals surface area contributed by atoms with Gasteiger partial charge in [-0.1, -0.05) is 13.8 Å². The molecule has 0 aromatic heterocycles. The smallest absolute Gasteiger partial charge is 0.0988 e. The van der Waals surface area contributed by atoms with Gasteiger partial charge in [0.2, 0.25) is 0 Å². The molecule has 3 heteroatoms. The largest absolute Gasteiger partial charge is 0.374 e. The molecule has 1 saturated heterocycles. The molecule has 1 heterocycles. The summed E-state index contributed by atoms with van der Waals surface area (Å²) in [4.78, 5) is 2.27. The first-order valence-corrected chi connectivity index (χ1v) is 5.67. The second-order valence-corrected chi connectivity index (χ2v) is 4.64. The Kier molecular flexibility index (Phi) is 2.77. The van der Waals surface area contributed by atoms with Crippen molar-refractivity contribution in [3.63, 3.8) is 0 Å². The summed E-state index contributed by atoms with van der Waals surface area (Å²) in [6, 6.07) is 0.499. The van der Waals surface area contributed by atoms with E-state index in [4.69, 9.17) is 10.1 Å². The van der Waals surface area contributed by atoms with Crippen LogP contribution >= 0.6 is 0 Å². The van der Waals surface area contributed by atoms with Crippen molar-refractivity contribution in [2.24, 2.45) is 5.92 Å². The molecule has 14 heavy (non-hydrogen) atoms. The van der Waals surface area contributed by atoms with Crippen LogP contribution in [0.2, 0.25) is 0 Å². The molecule has 1 aliphatic heterocycles. The summed E-state index contributed by atoms with van der Waals surface area (Å²) in [6.07, 6.45) is 4.06. The lowest BCUT2D eigenvalue weighted by Crippen LogP contribution is -2.52. The summed E-state index contributed by atoms with van der Waals surface area (Å²) in [6.45, 7) is 5.91. The molecule has 0 bridgehead atoms. The standard InChI is InChI=1S/C11H20N2O/c1-8(2)11(12)13-6-7-14-10-5-3-4-9(10)13/h8-10,12H,3-7H2,1-2H3. The van der Waals surface area contributed by atoms with Crippen LogP contribution in [0.3, 0.4) is 0 Å². The van der Waals surface area contributed by atoms with Gasteiger partial charge in [-0.2, -0.15) is 0 Å². The zero-order valence-electron chi connectivity index (χ0n) is 9.12. The number of nitrogens with zero attached hydrogens (tertiary/aromatic N) is 1. The number of rotatable bonds is 1. The molecule has 3 nitrogen and oxygen atoms in total. The highest BCUT2D eigenvalue weighted by Gasteiger charge is 2.37. The highest BCUT2D eigenvalue weighted by molar-refractivity contribution is 5.81. The first-order valence-electron chi connectivity index (χ1n) is 5.67. The minimum atomic E-state index is 0.342. The Morgan fingerprint density at radius 3 is 2.93 bits per heavy atom. The Hall–Kier alpha value is -0.570. The molecule has 2 rings (SSSR count). The fourth-order valence-electron chi connectivity index (χ4n) is 2.56. The Morgan fingerprint density at radius 1 is 1.43 bits per heavy atom. The molecule has 80 valence electrons. The molecule has 0 aromatic carbocycles. The molecule has 0 spiro atoms. The van der Waals surface area contributed by atoms with Crippen molar-refractivity contribution in [2.75, 3.05) is 13.2 Å². The second kappa shape index (κ2) is 3.89. The maximum atomic E-state index is 8.06. The highest BCUT2D eigenvalue weighted by atomic mass is 16.5. The molecule has 0 radical (unpaired) electrons. The predicted octanol–water partition coefficient (Wildman–Crippen LogP) is 1.87. The molecule has 2 fully saturated rings. The van der Waals surface area contributed by atoms with Gasteiger partial charge in [-0.3, -0.25) is 5.41 Å². The van der Waals surface area contributed by atoms with Crippen LogP contribution < -0.4 is 0 Å². The van der Waals surface area contributed by atoms with Crippen molar-refractivity contribution < 1.29 is 4.74 Å². The van der Waals surface area contributed by atoms with Crippen LogP contribution in [-0.2, 0) is 4.74 Å². The topological polar surface area (TPSA) is 36.3 Å². The average Bonchev–Trinajstić information content (AvgIpc) is 2.63. The summed E-state index contributed by atoms with van der Waals surface area (Å²) in [5.41, 5.74) is 0. The van der Waals surface area contributed by atoms with Gasteiger partial charge in [-0.05, 0) is 19.3 Å². The van der Waals surface area contributed by atoms with E-state index in [-0.39, 0.29) is 0 Å². The van der Waals surface area contributed by atoms with Crippen LogP contribution in [0.5, 0.6) is 0 Å². The van der Waals surface area contributed by atoms with E-state index in [9.17, 15) is 0 Å². The summed E-state index contributed by atoms with van der Waals surface area (Å²) >= 11 is 0. The van der Waals surface area contributed by atoms with Crippen LogP contribution in [-0.4, -0.2) is 36.0 Å². The Bertz CT molecular complexity index is 227. The summed E-state index contributed by atoms with van der Waals surface area (Å²) in [5.74, 6) is 1.14. The zero-order valence-corrected chi connectivity index (χ0v) is 9.12. The minimum Gasteiger partial charge on any atom is -0.374 e. The number of ether oxygens (including phenoxy) is 1. The van der Waals surface area contributed by atoms with Crippen LogP contribution in [0.1, 0.15) is 33.1 Å². The van der Waals surface area contributed by atoms with E-state index in [1.807, 2.05) is 0 Å². The van der Waals surface area contributed by atoms with Gasteiger partial charge in [0.25, 0.3) is 0 Å². The Balaban J connectivity index is 2.06. The van der Waals surface area contributed by atoms with Crippen LogP contribution in [0.4, 0.5) is 0 Å². The normalized spacial score (nSPS) is 32.1. The summed E-state index contributed by atoms with van der Waals surface area (Å²) in [7, 11) is 0. The third-order valence-corrected chi connectivity index (χ3v) is 3.34. The number of amidine groups is 1. The van der Waals surface area contributed by atoms with Gasteiger partial charge in [0.15, 0.2) is 0 Å². The molecular formula is C11H20N2O. The van der Waals surface area contributed by atoms with Gasteiger partial charge in [-0.15, -0.1) is 0 Å². The second-order valence-electron chi connectivity index (χ2n) is 4.64. The average molecular weight is 196 g/mol. The lowest BCUT2D eigenvalue weighted by molar-refractivity contribution is -0.0309. The van der Waals surface area contributed by atoms with E-state index in [0.29, 0.717) is 18.1 Å². The van der Waals surface area contributed by atoms with Crippen molar-refractivity contribution in [1.29, 1.82) is 5.41 Å². The van der Waals surface area contributed by atoms with Crippen molar-refractivity contribution in [3.8, 4) is 0 Å². The van der Waals surface area contributed by atoms with Crippen LogP contribution in [0.25, 0.3) is 0 Å². The van der Waals surface area contributed by atoms with Crippen molar-refractivity contribution in [2.45, 2.75) is 45.3 Å². The molecule has 1 aliphatic carbocycles. The van der Waals surface area contributed by atoms with E-state index in [0.717, 1.165) is 19.0 Å². The van der Waals surface area contributed by atoms with Gasteiger partial charge >= 0.3 is 0 Å². The highest BCUT2D eigenvalue weighted by Crippen LogP contribution is 2.30. The number of morpholine rings is 1. The number of fused-ring (bicyclic) bond motifs is 1. The molecule has 0 aromatic rings. The predicted molar refractivity (Wildman–Crippen MR) is 56.6 cm³/mol. The van der Waals surface area contributed by atoms with Crippen molar-refractivity contribution in [3.05, 3.63) is 0 Å². The maximum absolute atomic E-state index is 8.06. The molecule has 2 aliphatic rings.